The average molecular weight is 265 g/mol. The Labute approximate surface area is 112 Å². The number of hydrogen-bond acceptors (Lipinski definition) is 2. The summed E-state index contributed by atoms with van der Waals surface area (Å²) in [6, 6.07) is 8.06. The van der Waals surface area contributed by atoms with E-state index < -0.39 is 0 Å². The summed E-state index contributed by atoms with van der Waals surface area (Å²) in [5.74, 6) is 0.887. The van der Waals surface area contributed by atoms with Crippen LogP contribution in [-0.2, 0) is 4.79 Å². The Morgan fingerprint density at radius 1 is 1.33 bits per heavy atom. The van der Waals surface area contributed by atoms with E-state index in [0.717, 1.165) is 10.6 Å². The smallest absolute Gasteiger partial charge is 0.238 e. The summed E-state index contributed by atoms with van der Waals surface area (Å²) in [5.41, 5.74) is 1.11. The summed E-state index contributed by atoms with van der Waals surface area (Å²) in [7, 11) is 0. The van der Waals surface area contributed by atoms with Crippen LogP contribution in [0.3, 0.4) is 0 Å². The fourth-order valence-corrected chi connectivity index (χ4v) is 2.84. The van der Waals surface area contributed by atoms with Crippen LogP contribution in [0.4, 0.5) is 0 Å². The topological polar surface area (TPSA) is 32.3 Å². The molecule has 0 bridgehead atoms. The van der Waals surface area contributed by atoms with Crippen molar-refractivity contribution in [2.24, 2.45) is 5.92 Å². The molecule has 1 aliphatic heterocycles. The number of carbonyl (C=O) groups excluding carboxylic acids is 1. The first-order chi connectivity index (χ1) is 8.66. The maximum absolute atomic E-state index is 12.0. The summed E-state index contributed by atoms with van der Waals surface area (Å²) >= 11 is 5.91. The van der Waals surface area contributed by atoms with Crippen molar-refractivity contribution in [3.05, 3.63) is 34.9 Å². The summed E-state index contributed by atoms with van der Waals surface area (Å²) in [6.45, 7) is 2.59. The zero-order valence-electron chi connectivity index (χ0n) is 10.4. The Morgan fingerprint density at radius 2 is 2.00 bits per heavy atom. The highest BCUT2D eigenvalue weighted by Crippen LogP contribution is 2.38. The van der Waals surface area contributed by atoms with Crippen LogP contribution in [0.2, 0.25) is 5.02 Å². The normalized spacial score (nSPS) is 25.6. The first kappa shape index (κ1) is 12.0. The number of carbonyl (C=O) groups is 1. The Hall–Kier alpha value is -1.06. The lowest BCUT2D eigenvalue weighted by Crippen LogP contribution is -2.39. The molecule has 1 amide bonds. The molecule has 2 unspecified atom stereocenters. The second-order valence-corrected chi connectivity index (χ2v) is 5.65. The third-order valence-corrected chi connectivity index (χ3v) is 4.19. The SMILES string of the molecule is CC(C1CC1)N1C(=O)CNC1c1ccc(Cl)cc1. The minimum Gasteiger partial charge on any atom is -0.319 e. The van der Waals surface area contributed by atoms with Gasteiger partial charge in [-0.25, -0.2) is 0 Å². The zero-order valence-corrected chi connectivity index (χ0v) is 11.2. The molecule has 0 aromatic heterocycles. The van der Waals surface area contributed by atoms with E-state index in [-0.39, 0.29) is 12.1 Å². The number of halogens is 1. The molecule has 1 heterocycles. The number of nitrogens with zero attached hydrogens (tertiary/aromatic N) is 1. The van der Waals surface area contributed by atoms with Crippen LogP contribution in [-0.4, -0.2) is 23.4 Å². The van der Waals surface area contributed by atoms with Gasteiger partial charge in [0.15, 0.2) is 0 Å². The van der Waals surface area contributed by atoms with Crippen molar-refractivity contribution >= 4 is 17.5 Å². The van der Waals surface area contributed by atoms with Crippen molar-refractivity contribution in [3.63, 3.8) is 0 Å². The standard InChI is InChI=1S/C14H17ClN2O/c1-9(10-2-3-10)17-13(18)8-16-14(17)11-4-6-12(15)7-5-11/h4-7,9-10,14,16H,2-3,8H2,1H3. The van der Waals surface area contributed by atoms with Gasteiger partial charge in [-0.15, -0.1) is 0 Å². The number of hydrogen-bond donors (Lipinski definition) is 1. The summed E-state index contributed by atoms with van der Waals surface area (Å²) < 4.78 is 0. The Bertz CT molecular complexity index is 455. The van der Waals surface area contributed by atoms with Gasteiger partial charge >= 0.3 is 0 Å². The molecule has 3 rings (SSSR count). The first-order valence-corrected chi connectivity index (χ1v) is 6.84. The van der Waals surface area contributed by atoms with Crippen LogP contribution < -0.4 is 5.32 Å². The third-order valence-electron chi connectivity index (χ3n) is 3.94. The number of rotatable bonds is 3. The lowest BCUT2D eigenvalue weighted by Gasteiger charge is -2.30. The van der Waals surface area contributed by atoms with Gasteiger partial charge in [0.1, 0.15) is 6.17 Å². The number of nitrogens with one attached hydrogen (secondary N) is 1. The highest BCUT2D eigenvalue weighted by molar-refractivity contribution is 6.30. The minimum atomic E-state index is 0.00497. The monoisotopic (exact) mass is 264 g/mol. The van der Waals surface area contributed by atoms with E-state index in [2.05, 4.69) is 12.2 Å². The average Bonchev–Trinajstić information content (AvgIpc) is 3.13. The van der Waals surface area contributed by atoms with E-state index in [1.54, 1.807) is 0 Å². The van der Waals surface area contributed by atoms with Crippen molar-refractivity contribution in [1.82, 2.24) is 10.2 Å². The van der Waals surface area contributed by atoms with Crippen molar-refractivity contribution in [2.75, 3.05) is 6.54 Å². The zero-order chi connectivity index (χ0) is 12.7. The quantitative estimate of drug-likeness (QED) is 0.910. The molecule has 1 saturated heterocycles. The summed E-state index contributed by atoms with van der Waals surface area (Å²) in [6.07, 6.45) is 2.50. The van der Waals surface area contributed by atoms with Crippen LogP contribution in [0.1, 0.15) is 31.5 Å². The molecule has 0 radical (unpaired) electrons. The lowest BCUT2D eigenvalue weighted by atomic mass is 10.1. The predicted molar refractivity (Wildman–Crippen MR) is 71.2 cm³/mol. The molecule has 2 fully saturated rings. The Morgan fingerprint density at radius 3 is 2.61 bits per heavy atom. The molecule has 4 heteroatoms. The van der Waals surface area contributed by atoms with Crippen molar-refractivity contribution in [3.8, 4) is 0 Å². The minimum absolute atomic E-state index is 0.00497. The van der Waals surface area contributed by atoms with Gasteiger partial charge in [-0.2, -0.15) is 0 Å². The largest absolute Gasteiger partial charge is 0.319 e. The Balaban J connectivity index is 1.85. The van der Waals surface area contributed by atoms with Gasteiger partial charge in [-0.05, 0) is 43.4 Å². The molecular formula is C14H17ClN2O. The van der Waals surface area contributed by atoms with Crippen molar-refractivity contribution in [1.29, 1.82) is 0 Å². The van der Waals surface area contributed by atoms with Crippen LogP contribution in [0.15, 0.2) is 24.3 Å². The molecule has 0 spiro atoms. The molecule has 1 aromatic rings. The lowest BCUT2D eigenvalue weighted by molar-refractivity contribution is -0.130. The van der Waals surface area contributed by atoms with Gasteiger partial charge in [-0.1, -0.05) is 23.7 Å². The molecule has 18 heavy (non-hydrogen) atoms. The molecule has 2 aliphatic rings. The van der Waals surface area contributed by atoms with Gasteiger partial charge in [-0.3, -0.25) is 10.1 Å². The fraction of sp³-hybridized carbons (Fsp3) is 0.500. The highest BCUT2D eigenvalue weighted by atomic mass is 35.5. The molecular weight excluding hydrogens is 248 g/mol. The molecule has 96 valence electrons. The highest BCUT2D eigenvalue weighted by Gasteiger charge is 2.41. The molecule has 1 N–H and O–H groups in total. The Kier molecular flexibility index (Phi) is 3.04. The summed E-state index contributed by atoms with van der Waals surface area (Å²) in [4.78, 5) is 14.0. The van der Waals surface area contributed by atoms with Crippen molar-refractivity contribution in [2.45, 2.75) is 32.0 Å². The van der Waals surface area contributed by atoms with Crippen LogP contribution >= 0.6 is 11.6 Å². The third kappa shape index (κ3) is 2.13. The summed E-state index contributed by atoms with van der Waals surface area (Å²) in [5, 5.41) is 4.02. The van der Waals surface area contributed by atoms with Gasteiger partial charge in [0.05, 0.1) is 6.54 Å². The number of amides is 1. The van der Waals surface area contributed by atoms with Crippen LogP contribution in [0, 0.1) is 5.92 Å². The molecule has 2 atom stereocenters. The van der Waals surface area contributed by atoms with E-state index in [1.807, 2.05) is 29.2 Å². The fourth-order valence-electron chi connectivity index (χ4n) is 2.71. The first-order valence-electron chi connectivity index (χ1n) is 6.47. The van der Waals surface area contributed by atoms with E-state index in [0.29, 0.717) is 18.5 Å². The molecule has 1 saturated carbocycles. The molecule has 1 aliphatic carbocycles. The second-order valence-electron chi connectivity index (χ2n) is 5.21. The maximum Gasteiger partial charge on any atom is 0.238 e. The molecule has 1 aromatic carbocycles. The van der Waals surface area contributed by atoms with E-state index in [9.17, 15) is 4.79 Å². The molecule has 3 nitrogen and oxygen atoms in total. The van der Waals surface area contributed by atoms with Gasteiger partial charge in [0.25, 0.3) is 0 Å². The van der Waals surface area contributed by atoms with Gasteiger partial charge in [0, 0.05) is 11.1 Å². The maximum atomic E-state index is 12.0. The van der Waals surface area contributed by atoms with E-state index >= 15 is 0 Å². The van der Waals surface area contributed by atoms with Crippen molar-refractivity contribution < 1.29 is 4.79 Å². The second kappa shape index (κ2) is 4.56. The predicted octanol–water partition coefficient (Wildman–Crippen LogP) is 2.57. The van der Waals surface area contributed by atoms with Gasteiger partial charge in [0.2, 0.25) is 5.91 Å². The van der Waals surface area contributed by atoms with Crippen LogP contribution in [0.5, 0.6) is 0 Å². The van der Waals surface area contributed by atoms with Gasteiger partial charge < -0.3 is 4.90 Å². The van der Waals surface area contributed by atoms with E-state index in [4.69, 9.17) is 11.6 Å². The number of benzene rings is 1. The van der Waals surface area contributed by atoms with E-state index in [1.165, 1.54) is 12.8 Å². The van der Waals surface area contributed by atoms with Crippen LogP contribution in [0.25, 0.3) is 0 Å².